The largest absolute Gasteiger partial charge is 0.490 e. The molecule has 1 aliphatic heterocycles. The van der Waals surface area contributed by atoms with Gasteiger partial charge in [0.25, 0.3) is 0 Å². The van der Waals surface area contributed by atoms with Crippen LogP contribution in [0.1, 0.15) is 48.1 Å². The Morgan fingerprint density at radius 1 is 0.941 bits per heavy atom. The minimum atomic E-state index is -0.690. The number of hydrogen-bond acceptors (Lipinski definition) is 4. The van der Waals surface area contributed by atoms with Crippen molar-refractivity contribution in [3.8, 4) is 11.5 Å². The molecule has 1 N–H and O–H groups in total. The van der Waals surface area contributed by atoms with Gasteiger partial charge in [0, 0.05) is 0 Å². The van der Waals surface area contributed by atoms with E-state index >= 15 is 0 Å². The maximum atomic E-state index is 11.5. The molecular formula is C29H33NO4. The van der Waals surface area contributed by atoms with Crippen molar-refractivity contribution in [1.82, 2.24) is 4.90 Å². The Balaban J connectivity index is 1.62. The monoisotopic (exact) mass is 459 g/mol. The third-order valence-corrected chi connectivity index (χ3v) is 6.46. The fraction of sp³-hybridized carbons (Fsp3) is 0.345. The fourth-order valence-corrected chi connectivity index (χ4v) is 4.59. The van der Waals surface area contributed by atoms with Crippen LogP contribution >= 0.6 is 0 Å². The van der Waals surface area contributed by atoms with Crippen molar-refractivity contribution in [3.05, 3.63) is 95.1 Å². The van der Waals surface area contributed by atoms with Crippen LogP contribution in [-0.4, -0.2) is 35.7 Å². The van der Waals surface area contributed by atoms with Crippen LogP contribution in [0, 0.1) is 12.8 Å². The van der Waals surface area contributed by atoms with Crippen LogP contribution < -0.4 is 9.47 Å². The van der Waals surface area contributed by atoms with E-state index in [2.05, 4.69) is 48.2 Å². The fourth-order valence-electron chi connectivity index (χ4n) is 4.59. The number of carbonyl (C=O) groups is 1. The molecule has 1 fully saturated rings. The Labute approximate surface area is 201 Å². The smallest absolute Gasteiger partial charge is 0.306 e. The van der Waals surface area contributed by atoms with Crippen LogP contribution in [0.3, 0.4) is 0 Å². The third kappa shape index (κ3) is 5.78. The second-order valence-corrected chi connectivity index (χ2v) is 8.88. The van der Waals surface area contributed by atoms with E-state index in [1.807, 2.05) is 43.3 Å². The average molecular weight is 460 g/mol. The normalized spacial score (nSPS) is 15.6. The van der Waals surface area contributed by atoms with Crippen LogP contribution in [0.4, 0.5) is 0 Å². The van der Waals surface area contributed by atoms with Crippen LogP contribution in [0.25, 0.3) is 0 Å². The summed E-state index contributed by atoms with van der Waals surface area (Å²) in [6, 6.07) is 24.9. The zero-order valence-corrected chi connectivity index (χ0v) is 19.9. The summed E-state index contributed by atoms with van der Waals surface area (Å²) < 4.78 is 12.1. The Kier molecular flexibility index (Phi) is 7.86. The van der Waals surface area contributed by atoms with Gasteiger partial charge in [-0.2, -0.15) is 0 Å². The highest BCUT2D eigenvalue weighted by Gasteiger charge is 2.30. The zero-order chi connectivity index (χ0) is 23.9. The Hall–Kier alpha value is -3.31. The first kappa shape index (κ1) is 23.8. The van der Waals surface area contributed by atoms with Crippen LogP contribution in [-0.2, 0) is 11.4 Å². The standard InChI is InChI=1S/C29H33NO4/c1-3-33-27-19-25(13-14-26(27)34-20-22-7-5-4-6-8-22)28(23-11-9-21(2)10-12-23)30-17-15-24(16-18-30)29(31)32/h4-14,19,24,28H,3,15-18,20H2,1-2H3,(H,31,32). The van der Waals surface area contributed by atoms with Crippen molar-refractivity contribution >= 4 is 5.97 Å². The first-order chi connectivity index (χ1) is 16.5. The molecule has 34 heavy (non-hydrogen) atoms. The Bertz CT molecular complexity index is 1070. The molecule has 0 bridgehead atoms. The van der Waals surface area contributed by atoms with Crippen molar-refractivity contribution in [3.63, 3.8) is 0 Å². The predicted molar refractivity (Wildman–Crippen MR) is 133 cm³/mol. The topological polar surface area (TPSA) is 59.0 Å². The van der Waals surface area contributed by atoms with Gasteiger partial charge < -0.3 is 14.6 Å². The Morgan fingerprint density at radius 3 is 2.26 bits per heavy atom. The highest BCUT2D eigenvalue weighted by atomic mass is 16.5. The third-order valence-electron chi connectivity index (χ3n) is 6.46. The summed E-state index contributed by atoms with van der Waals surface area (Å²) in [5.74, 6) is 0.503. The quantitative estimate of drug-likeness (QED) is 0.434. The van der Waals surface area contributed by atoms with E-state index in [0.717, 1.165) is 35.7 Å². The minimum Gasteiger partial charge on any atom is -0.490 e. The van der Waals surface area contributed by atoms with Gasteiger partial charge in [-0.25, -0.2) is 0 Å². The number of rotatable bonds is 9. The number of aryl methyl sites for hydroxylation is 1. The van der Waals surface area contributed by atoms with Gasteiger partial charge in [0.1, 0.15) is 6.61 Å². The van der Waals surface area contributed by atoms with Gasteiger partial charge in [-0.05, 0) is 68.6 Å². The van der Waals surface area contributed by atoms with E-state index in [9.17, 15) is 9.90 Å². The molecule has 1 heterocycles. The molecule has 1 unspecified atom stereocenters. The summed E-state index contributed by atoms with van der Waals surface area (Å²) in [6.45, 7) is 6.57. The molecule has 0 radical (unpaired) electrons. The molecule has 1 saturated heterocycles. The van der Waals surface area contributed by atoms with Crippen LogP contribution in [0.2, 0.25) is 0 Å². The van der Waals surface area contributed by atoms with Crippen molar-refractivity contribution in [2.24, 2.45) is 5.92 Å². The molecule has 3 aromatic rings. The van der Waals surface area contributed by atoms with Gasteiger partial charge >= 0.3 is 5.97 Å². The molecule has 1 atom stereocenters. The first-order valence-electron chi connectivity index (χ1n) is 12.0. The lowest BCUT2D eigenvalue weighted by atomic mass is 9.91. The van der Waals surface area contributed by atoms with Gasteiger partial charge in [-0.3, -0.25) is 9.69 Å². The molecule has 0 aromatic heterocycles. The van der Waals surface area contributed by atoms with Crippen LogP contribution in [0.15, 0.2) is 72.8 Å². The van der Waals surface area contributed by atoms with E-state index in [-0.39, 0.29) is 12.0 Å². The van der Waals surface area contributed by atoms with Gasteiger partial charge in [-0.1, -0.05) is 66.2 Å². The highest BCUT2D eigenvalue weighted by molar-refractivity contribution is 5.70. The van der Waals surface area contributed by atoms with Crippen molar-refractivity contribution in [2.75, 3.05) is 19.7 Å². The molecule has 0 saturated carbocycles. The maximum absolute atomic E-state index is 11.5. The summed E-state index contributed by atoms with van der Waals surface area (Å²) in [4.78, 5) is 13.9. The zero-order valence-electron chi connectivity index (χ0n) is 19.9. The summed E-state index contributed by atoms with van der Waals surface area (Å²) in [5.41, 5.74) is 4.63. The molecule has 5 heteroatoms. The second-order valence-electron chi connectivity index (χ2n) is 8.88. The van der Waals surface area contributed by atoms with Gasteiger partial charge in [0.2, 0.25) is 0 Å². The molecule has 3 aromatic carbocycles. The molecule has 178 valence electrons. The molecule has 0 spiro atoms. The maximum Gasteiger partial charge on any atom is 0.306 e. The molecule has 0 aliphatic carbocycles. The summed E-state index contributed by atoms with van der Waals surface area (Å²) in [6.07, 6.45) is 1.32. The van der Waals surface area contributed by atoms with E-state index in [1.165, 1.54) is 11.1 Å². The number of likely N-dealkylation sites (tertiary alicyclic amines) is 1. The van der Waals surface area contributed by atoms with E-state index in [0.29, 0.717) is 26.1 Å². The number of nitrogens with zero attached hydrogens (tertiary/aromatic N) is 1. The summed E-state index contributed by atoms with van der Waals surface area (Å²) in [5, 5.41) is 9.44. The molecule has 1 aliphatic rings. The number of ether oxygens (including phenoxy) is 2. The van der Waals surface area contributed by atoms with E-state index in [4.69, 9.17) is 9.47 Å². The minimum absolute atomic E-state index is 0.0257. The lowest BCUT2D eigenvalue weighted by Crippen LogP contribution is -2.39. The Morgan fingerprint density at radius 2 is 1.62 bits per heavy atom. The first-order valence-corrected chi connectivity index (χ1v) is 12.0. The highest BCUT2D eigenvalue weighted by Crippen LogP contribution is 2.37. The van der Waals surface area contributed by atoms with Gasteiger partial charge in [0.15, 0.2) is 11.5 Å². The number of hydrogen-bond donors (Lipinski definition) is 1. The molecule has 4 rings (SSSR count). The van der Waals surface area contributed by atoms with E-state index in [1.54, 1.807) is 0 Å². The lowest BCUT2D eigenvalue weighted by molar-refractivity contribution is -0.143. The van der Waals surface area contributed by atoms with Gasteiger partial charge in [0.05, 0.1) is 18.6 Å². The molecule has 5 nitrogen and oxygen atoms in total. The summed E-state index contributed by atoms with van der Waals surface area (Å²) >= 11 is 0. The van der Waals surface area contributed by atoms with Crippen LogP contribution in [0.5, 0.6) is 11.5 Å². The number of piperidine rings is 1. The number of carboxylic acid groups (broad SMARTS) is 1. The number of benzene rings is 3. The molecule has 0 amide bonds. The molecular weight excluding hydrogens is 426 g/mol. The lowest BCUT2D eigenvalue weighted by Gasteiger charge is -2.37. The summed E-state index contributed by atoms with van der Waals surface area (Å²) in [7, 11) is 0. The SMILES string of the molecule is CCOc1cc(C(c2ccc(C)cc2)N2CCC(C(=O)O)CC2)ccc1OCc1ccccc1. The van der Waals surface area contributed by atoms with Gasteiger partial charge in [-0.15, -0.1) is 0 Å². The van der Waals surface area contributed by atoms with E-state index < -0.39 is 5.97 Å². The van der Waals surface area contributed by atoms with Crippen molar-refractivity contribution < 1.29 is 19.4 Å². The predicted octanol–water partition coefficient (Wildman–Crippen LogP) is 5.86. The van der Waals surface area contributed by atoms with Crippen molar-refractivity contribution in [1.29, 1.82) is 0 Å². The number of carboxylic acids is 1. The average Bonchev–Trinajstić information content (AvgIpc) is 2.86. The number of aliphatic carboxylic acids is 1. The second kappa shape index (κ2) is 11.2. The van der Waals surface area contributed by atoms with Crippen molar-refractivity contribution in [2.45, 2.75) is 39.3 Å².